The molecule has 0 saturated carbocycles. The van der Waals surface area contributed by atoms with Crippen molar-refractivity contribution in [3.8, 4) is 11.5 Å². The first kappa shape index (κ1) is 20.6. The molecule has 3 fully saturated rings. The first-order valence-corrected chi connectivity index (χ1v) is 11.5. The lowest BCUT2D eigenvalue weighted by molar-refractivity contribution is -0.143. The fraction of sp³-hybridized carbons (Fsp3) is 0.652. The van der Waals surface area contributed by atoms with Gasteiger partial charge in [0.15, 0.2) is 11.5 Å². The molecule has 0 N–H and O–H groups in total. The van der Waals surface area contributed by atoms with Crippen LogP contribution in [0.4, 0.5) is 0 Å². The van der Waals surface area contributed by atoms with Crippen LogP contribution < -0.4 is 9.47 Å². The minimum atomic E-state index is -0.260. The van der Waals surface area contributed by atoms with Crippen molar-refractivity contribution in [2.45, 2.75) is 37.8 Å². The Morgan fingerprint density at radius 3 is 2.48 bits per heavy atom. The van der Waals surface area contributed by atoms with Crippen molar-refractivity contribution in [3.05, 3.63) is 23.8 Å². The predicted molar refractivity (Wildman–Crippen MR) is 113 cm³/mol. The van der Waals surface area contributed by atoms with E-state index >= 15 is 0 Å². The van der Waals surface area contributed by atoms with Crippen LogP contribution in [-0.2, 0) is 14.3 Å². The van der Waals surface area contributed by atoms with Crippen LogP contribution in [0, 0.1) is 0 Å². The second-order valence-corrected chi connectivity index (χ2v) is 8.75. The van der Waals surface area contributed by atoms with Crippen molar-refractivity contribution in [3.63, 3.8) is 0 Å². The molecule has 0 bridgehead atoms. The van der Waals surface area contributed by atoms with Crippen molar-refractivity contribution >= 4 is 11.8 Å². The first-order valence-electron chi connectivity index (χ1n) is 11.5. The smallest absolute Gasteiger partial charge is 0.251 e. The van der Waals surface area contributed by atoms with Crippen molar-refractivity contribution < 1.29 is 23.8 Å². The van der Waals surface area contributed by atoms with Crippen LogP contribution in [0.15, 0.2) is 18.2 Å². The van der Waals surface area contributed by atoms with Gasteiger partial charge in [0.25, 0.3) is 5.91 Å². The molecule has 2 unspecified atom stereocenters. The average molecular weight is 430 g/mol. The molecule has 168 valence electrons. The molecule has 8 nitrogen and oxygen atoms in total. The van der Waals surface area contributed by atoms with E-state index in [1.54, 1.807) is 0 Å². The number of fused-ring (bicyclic) bond motifs is 1. The van der Waals surface area contributed by atoms with E-state index in [0.717, 1.165) is 62.4 Å². The van der Waals surface area contributed by atoms with E-state index in [2.05, 4.69) is 11.0 Å². The number of piperazine rings is 1. The van der Waals surface area contributed by atoms with E-state index in [1.165, 1.54) is 0 Å². The van der Waals surface area contributed by atoms with Crippen molar-refractivity contribution in [1.29, 1.82) is 0 Å². The lowest BCUT2D eigenvalue weighted by Gasteiger charge is -2.36. The van der Waals surface area contributed by atoms with Crippen LogP contribution in [0.25, 0.3) is 0 Å². The van der Waals surface area contributed by atoms with Gasteiger partial charge in [-0.2, -0.15) is 0 Å². The highest BCUT2D eigenvalue weighted by Gasteiger charge is 2.34. The summed E-state index contributed by atoms with van der Waals surface area (Å²) in [4.78, 5) is 31.7. The van der Waals surface area contributed by atoms with Gasteiger partial charge in [-0.25, -0.2) is 0 Å². The normalized spacial score (nSPS) is 26.3. The molecule has 2 amide bonds. The van der Waals surface area contributed by atoms with Crippen LogP contribution >= 0.6 is 0 Å². The molecule has 8 heteroatoms. The van der Waals surface area contributed by atoms with Gasteiger partial charge in [0.2, 0.25) is 5.91 Å². The molecule has 3 saturated heterocycles. The monoisotopic (exact) mass is 429 g/mol. The molecule has 0 aliphatic carbocycles. The first-order chi connectivity index (χ1) is 15.2. The van der Waals surface area contributed by atoms with Gasteiger partial charge in [0, 0.05) is 39.3 Å². The Labute approximate surface area is 183 Å². The molecule has 2 atom stereocenters. The fourth-order valence-electron chi connectivity index (χ4n) is 5.06. The van der Waals surface area contributed by atoms with Gasteiger partial charge in [0.05, 0.1) is 12.6 Å². The Morgan fingerprint density at radius 1 is 0.903 bits per heavy atom. The molecule has 31 heavy (non-hydrogen) atoms. The summed E-state index contributed by atoms with van der Waals surface area (Å²) < 4.78 is 16.9. The summed E-state index contributed by atoms with van der Waals surface area (Å²) in [5.41, 5.74) is 1.11. The molecule has 1 aromatic rings. The number of hydrogen-bond acceptors (Lipinski definition) is 6. The molecule has 0 radical (unpaired) electrons. The third kappa shape index (κ3) is 4.36. The summed E-state index contributed by atoms with van der Waals surface area (Å²) >= 11 is 0. The quantitative estimate of drug-likeness (QED) is 0.722. The van der Waals surface area contributed by atoms with E-state index in [0.29, 0.717) is 39.5 Å². The van der Waals surface area contributed by atoms with Gasteiger partial charge < -0.3 is 24.0 Å². The summed E-state index contributed by atoms with van der Waals surface area (Å²) in [5.74, 6) is 1.83. The van der Waals surface area contributed by atoms with Crippen molar-refractivity contribution in [2.24, 2.45) is 0 Å². The topological polar surface area (TPSA) is 71.6 Å². The predicted octanol–water partition coefficient (Wildman–Crippen LogP) is 1.44. The van der Waals surface area contributed by atoms with E-state index < -0.39 is 0 Å². The van der Waals surface area contributed by atoms with Crippen LogP contribution in [0.1, 0.15) is 37.3 Å². The van der Waals surface area contributed by atoms with Gasteiger partial charge in [-0.05, 0) is 43.4 Å². The average Bonchev–Trinajstić information content (AvgIpc) is 3.51. The maximum absolute atomic E-state index is 13.1. The molecule has 0 aromatic heterocycles. The van der Waals surface area contributed by atoms with Crippen LogP contribution in [0.2, 0.25) is 0 Å². The van der Waals surface area contributed by atoms with E-state index in [9.17, 15) is 9.59 Å². The number of likely N-dealkylation sites (tertiary alicyclic amines) is 1. The standard InChI is InChI=1S/C23H31N3O5/c27-22(16-24-8-10-25(11-9-24)23(28)20-4-2-12-29-20)26-7-1-3-18(26)17-5-6-19-21(15-17)31-14-13-30-19/h5-6,15,18,20H,1-4,7-14,16H2. The van der Waals surface area contributed by atoms with Gasteiger partial charge in [-0.1, -0.05) is 6.07 Å². The lowest BCUT2D eigenvalue weighted by Crippen LogP contribution is -2.53. The number of nitrogens with zero attached hydrogens (tertiary/aromatic N) is 3. The number of carbonyl (C=O) groups excluding carboxylic acids is 2. The Balaban J connectivity index is 1.16. The highest BCUT2D eigenvalue weighted by Crippen LogP contribution is 2.38. The second kappa shape index (κ2) is 9.04. The Hall–Kier alpha value is -2.32. The van der Waals surface area contributed by atoms with Gasteiger partial charge >= 0.3 is 0 Å². The van der Waals surface area contributed by atoms with E-state index in [1.807, 2.05) is 21.9 Å². The van der Waals surface area contributed by atoms with Crippen LogP contribution in [-0.4, -0.2) is 91.7 Å². The number of rotatable bonds is 4. The Morgan fingerprint density at radius 2 is 1.71 bits per heavy atom. The summed E-state index contributed by atoms with van der Waals surface area (Å²) in [6.07, 6.45) is 3.51. The number of benzene rings is 1. The number of ether oxygens (including phenoxy) is 3. The minimum Gasteiger partial charge on any atom is -0.486 e. The van der Waals surface area contributed by atoms with Crippen LogP contribution in [0.5, 0.6) is 11.5 Å². The zero-order valence-corrected chi connectivity index (χ0v) is 18.0. The molecule has 4 heterocycles. The number of carbonyl (C=O) groups is 2. The molecule has 5 rings (SSSR count). The maximum atomic E-state index is 13.1. The van der Waals surface area contributed by atoms with Crippen molar-refractivity contribution in [2.75, 3.05) is 59.1 Å². The van der Waals surface area contributed by atoms with Gasteiger partial charge in [-0.3, -0.25) is 14.5 Å². The molecule has 0 spiro atoms. The zero-order chi connectivity index (χ0) is 21.2. The number of amides is 2. The Kier molecular flexibility index (Phi) is 6.00. The third-order valence-electron chi connectivity index (χ3n) is 6.77. The maximum Gasteiger partial charge on any atom is 0.251 e. The fourth-order valence-corrected chi connectivity index (χ4v) is 5.06. The van der Waals surface area contributed by atoms with Gasteiger partial charge in [0.1, 0.15) is 19.3 Å². The summed E-state index contributed by atoms with van der Waals surface area (Å²) in [7, 11) is 0. The molecular weight excluding hydrogens is 398 g/mol. The zero-order valence-electron chi connectivity index (χ0n) is 18.0. The SMILES string of the molecule is O=C(C1CCCO1)N1CCN(CC(=O)N2CCCC2c2ccc3c(c2)OCCO3)CC1. The van der Waals surface area contributed by atoms with E-state index in [4.69, 9.17) is 14.2 Å². The van der Waals surface area contributed by atoms with Gasteiger partial charge in [-0.15, -0.1) is 0 Å². The third-order valence-corrected chi connectivity index (χ3v) is 6.77. The minimum absolute atomic E-state index is 0.0886. The van der Waals surface area contributed by atoms with Crippen molar-refractivity contribution in [1.82, 2.24) is 14.7 Å². The summed E-state index contributed by atoms with van der Waals surface area (Å²) in [6, 6.07) is 6.12. The molecule has 1 aromatic carbocycles. The van der Waals surface area contributed by atoms with E-state index in [-0.39, 0.29) is 24.0 Å². The molecule has 4 aliphatic heterocycles. The summed E-state index contributed by atoms with van der Waals surface area (Å²) in [6.45, 7) is 5.80. The summed E-state index contributed by atoms with van der Waals surface area (Å²) in [5, 5.41) is 0. The Bertz CT molecular complexity index is 817. The molecule has 4 aliphatic rings. The largest absolute Gasteiger partial charge is 0.486 e. The highest BCUT2D eigenvalue weighted by molar-refractivity contribution is 5.81. The van der Waals surface area contributed by atoms with Crippen LogP contribution in [0.3, 0.4) is 0 Å². The second-order valence-electron chi connectivity index (χ2n) is 8.75. The number of hydrogen-bond donors (Lipinski definition) is 0. The highest BCUT2D eigenvalue weighted by atomic mass is 16.6. The lowest BCUT2D eigenvalue weighted by atomic mass is 10.0. The molecular formula is C23H31N3O5.